The summed E-state index contributed by atoms with van der Waals surface area (Å²) in [5.41, 5.74) is 0.276. The van der Waals surface area contributed by atoms with Gasteiger partial charge in [-0.3, -0.25) is 9.59 Å². The van der Waals surface area contributed by atoms with Crippen LogP contribution in [-0.2, 0) is 26.1 Å². The van der Waals surface area contributed by atoms with Crippen molar-refractivity contribution in [3.8, 4) is 0 Å². The molecule has 9 heteroatoms. The predicted octanol–water partition coefficient (Wildman–Crippen LogP) is 0.689. The minimum atomic E-state index is -3.28. The van der Waals surface area contributed by atoms with E-state index in [1.165, 1.54) is 0 Å². The molecule has 0 aliphatic carbocycles. The number of nitrogens with one attached hydrogen (secondary N) is 1. The zero-order valence-electron chi connectivity index (χ0n) is 15.2. The minimum absolute atomic E-state index is 0.00867. The van der Waals surface area contributed by atoms with Crippen molar-refractivity contribution in [1.29, 1.82) is 0 Å². The van der Waals surface area contributed by atoms with Crippen molar-refractivity contribution in [3.63, 3.8) is 0 Å². The molecule has 0 unspecified atom stereocenters. The number of sulfonamides is 1. The third kappa shape index (κ3) is 3.99. The van der Waals surface area contributed by atoms with E-state index < -0.39 is 21.4 Å². The molecule has 2 atom stereocenters. The van der Waals surface area contributed by atoms with E-state index in [1.54, 1.807) is 36.1 Å². The number of likely N-dealkylation sites (tertiary alicyclic amines) is 1. The number of ether oxygens (including phenoxy) is 1. The van der Waals surface area contributed by atoms with E-state index >= 15 is 0 Å². The number of carboxylic acids is 1. The summed E-state index contributed by atoms with van der Waals surface area (Å²) in [7, 11) is -3.28. The molecule has 0 spiro atoms. The SMILES string of the molecule is CCS(=O)(=O)NCc1ccc(C(=O)N2C[C@H]3COCC[C@@]3(C(=O)O)C2)cc1. The quantitative estimate of drug-likeness (QED) is 0.731. The predicted molar refractivity (Wildman–Crippen MR) is 97.6 cm³/mol. The lowest BCUT2D eigenvalue weighted by Gasteiger charge is -2.33. The zero-order chi connectivity index (χ0) is 19.7. The van der Waals surface area contributed by atoms with Crippen molar-refractivity contribution >= 4 is 21.9 Å². The fourth-order valence-corrected chi connectivity index (χ4v) is 4.29. The number of carbonyl (C=O) groups is 2. The molecule has 2 saturated heterocycles. The maximum absolute atomic E-state index is 12.8. The number of rotatable bonds is 6. The fourth-order valence-electron chi connectivity index (χ4n) is 3.70. The van der Waals surface area contributed by atoms with Crippen LogP contribution in [0, 0.1) is 11.3 Å². The molecule has 27 heavy (non-hydrogen) atoms. The molecule has 3 rings (SSSR count). The van der Waals surface area contributed by atoms with Gasteiger partial charge in [0.2, 0.25) is 10.0 Å². The van der Waals surface area contributed by atoms with E-state index in [1.807, 2.05) is 0 Å². The van der Waals surface area contributed by atoms with Gasteiger partial charge >= 0.3 is 5.97 Å². The Morgan fingerprint density at radius 3 is 2.63 bits per heavy atom. The number of nitrogens with zero attached hydrogens (tertiary/aromatic N) is 1. The van der Waals surface area contributed by atoms with Crippen molar-refractivity contribution < 1.29 is 27.9 Å². The van der Waals surface area contributed by atoms with Crippen LogP contribution in [0.1, 0.15) is 29.3 Å². The van der Waals surface area contributed by atoms with Crippen LogP contribution >= 0.6 is 0 Å². The van der Waals surface area contributed by atoms with Crippen LogP contribution < -0.4 is 4.72 Å². The Balaban J connectivity index is 1.69. The minimum Gasteiger partial charge on any atom is -0.481 e. The maximum atomic E-state index is 12.8. The second kappa shape index (κ2) is 7.57. The molecule has 2 aliphatic heterocycles. The molecule has 0 radical (unpaired) electrons. The van der Waals surface area contributed by atoms with Crippen LogP contribution in [0.3, 0.4) is 0 Å². The third-order valence-corrected chi connectivity index (χ3v) is 6.84. The van der Waals surface area contributed by atoms with Gasteiger partial charge in [-0.15, -0.1) is 0 Å². The summed E-state index contributed by atoms with van der Waals surface area (Å²) in [6, 6.07) is 6.68. The van der Waals surface area contributed by atoms with Gasteiger partial charge in [0.25, 0.3) is 5.91 Å². The topological polar surface area (TPSA) is 113 Å². The van der Waals surface area contributed by atoms with Crippen LogP contribution in [-0.4, -0.2) is 62.4 Å². The molecule has 2 aliphatic rings. The van der Waals surface area contributed by atoms with Crippen LogP contribution in [0.15, 0.2) is 24.3 Å². The summed E-state index contributed by atoms with van der Waals surface area (Å²) >= 11 is 0. The lowest BCUT2D eigenvalue weighted by atomic mass is 9.74. The first-order valence-electron chi connectivity index (χ1n) is 8.94. The Kier molecular flexibility index (Phi) is 5.55. The molecule has 0 bridgehead atoms. The van der Waals surface area contributed by atoms with Crippen molar-refractivity contribution in [2.24, 2.45) is 11.3 Å². The van der Waals surface area contributed by atoms with Crippen LogP contribution in [0.25, 0.3) is 0 Å². The van der Waals surface area contributed by atoms with Gasteiger partial charge in [-0.25, -0.2) is 13.1 Å². The molecular weight excluding hydrogens is 372 g/mol. The van der Waals surface area contributed by atoms with E-state index in [0.717, 1.165) is 5.56 Å². The Hall–Kier alpha value is -1.97. The average Bonchev–Trinajstić information content (AvgIpc) is 3.07. The highest BCUT2D eigenvalue weighted by molar-refractivity contribution is 7.89. The van der Waals surface area contributed by atoms with Crippen molar-refractivity contribution in [2.45, 2.75) is 19.9 Å². The lowest BCUT2D eigenvalue weighted by molar-refractivity contribution is -0.157. The van der Waals surface area contributed by atoms with Gasteiger partial charge in [-0.1, -0.05) is 12.1 Å². The van der Waals surface area contributed by atoms with Gasteiger partial charge in [0.05, 0.1) is 17.8 Å². The summed E-state index contributed by atoms with van der Waals surface area (Å²) in [6.45, 7) is 3.03. The number of aliphatic carboxylic acids is 1. The van der Waals surface area contributed by atoms with E-state index in [2.05, 4.69) is 4.72 Å². The molecule has 2 N–H and O–H groups in total. The summed E-state index contributed by atoms with van der Waals surface area (Å²) in [4.78, 5) is 26.2. The summed E-state index contributed by atoms with van der Waals surface area (Å²) in [5.74, 6) is -1.28. The number of hydrogen-bond acceptors (Lipinski definition) is 5. The van der Waals surface area contributed by atoms with E-state index in [0.29, 0.717) is 31.7 Å². The van der Waals surface area contributed by atoms with Gasteiger partial charge in [0, 0.05) is 37.7 Å². The van der Waals surface area contributed by atoms with Gasteiger partial charge < -0.3 is 14.7 Å². The molecule has 8 nitrogen and oxygen atoms in total. The first-order valence-corrected chi connectivity index (χ1v) is 10.6. The van der Waals surface area contributed by atoms with Crippen LogP contribution in [0.4, 0.5) is 0 Å². The number of fused-ring (bicyclic) bond motifs is 1. The van der Waals surface area contributed by atoms with Crippen molar-refractivity contribution in [1.82, 2.24) is 9.62 Å². The molecule has 0 saturated carbocycles. The fraction of sp³-hybridized carbons (Fsp3) is 0.556. The molecule has 148 valence electrons. The number of amides is 1. The Bertz CT molecular complexity index is 823. The van der Waals surface area contributed by atoms with Gasteiger partial charge in [0.15, 0.2) is 0 Å². The zero-order valence-corrected chi connectivity index (χ0v) is 16.0. The van der Waals surface area contributed by atoms with Crippen molar-refractivity contribution in [3.05, 3.63) is 35.4 Å². The third-order valence-electron chi connectivity index (χ3n) is 5.50. The van der Waals surface area contributed by atoms with E-state index in [9.17, 15) is 23.1 Å². The smallest absolute Gasteiger partial charge is 0.311 e. The van der Waals surface area contributed by atoms with Crippen LogP contribution in [0.2, 0.25) is 0 Å². The molecular formula is C18H24N2O6S. The highest BCUT2D eigenvalue weighted by Crippen LogP contribution is 2.42. The number of carboxylic acid groups (broad SMARTS) is 1. The summed E-state index contributed by atoms with van der Waals surface area (Å²) < 4.78 is 30.9. The highest BCUT2D eigenvalue weighted by Gasteiger charge is 2.54. The first-order chi connectivity index (χ1) is 12.8. The largest absolute Gasteiger partial charge is 0.481 e. The number of carbonyl (C=O) groups excluding carboxylic acids is 1. The second-order valence-electron chi connectivity index (χ2n) is 7.09. The molecule has 1 aromatic rings. The Morgan fingerprint density at radius 2 is 2.04 bits per heavy atom. The first kappa shape index (κ1) is 19.8. The normalized spacial score (nSPS) is 25.2. The molecule has 2 fully saturated rings. The van der Waals surface area contributed by atoms with Gasteiger partial charge in [0.1, 0.15) is 0 Å². The molecule has 2 heterocycles. The summed E-state index contributed by atoms with van der Waals surface area (Å²) in [6.07, 6.45) is 0.410. The average molecular weight is 396 g/mol. The van der Waals surface area contributed by atoms with Gasteiger partial charge in [-0.2, -0.15) is 0 Å². The van der Waals surface area contributed by atoms with Gasteiger partial charge in [-0.05, 0) is 31.0 Å². The summed E-state index contributed by atoms with van der Waals surface area (Å²) in [5, 5.41) is 9.70. The number of benzene rings is 1. The molecule has 1 amide bonds. The second-order valence-corrected chi connectivity index (χ2v) is 9.19. The maximum Gasteiger partial charge on any atom is 0.311 e. The van der Waals surface area contributed by atoms with Crippen LogP contribution in [0.5, 0.6) is 0 Å². The standard InChI is InChI=1S/C18H24N2O6S/c1-2-27(24,25)19-9-13-3-5-14(6-4-13)16(21)20-10-15-11-26-8-7-18(15,12-20)17(22)23/h3-6,15,19H,2,7-12H2,1H3,(H,22,23)/t15-,18+/m0/s1. The van der Waals surface area contributed by atoms with E-state index in [4.69, 9.17) is 4.74 Å². The molecule has 1 aromatic carbocycles. The number of hydrogen-bond donors (Lipinski definition) is 2. The Morgan fingerprint density at radius 1 is 1.33 bits per heavy atom. The van der Waals surface area contributed by atoms with Crippen molar-refractivity contribution in [2.75, 3.05) is 32.1 Å². The highest BCUT2D eigenvalue weighted by atomic mass is 32.2. The Labute approximate surface area is 158 Å². The monoisotopic (exact) mass is 396 g/mol. The van der Waals surface area contributed by atoms with E-state index in [-0.39, 0.29) is 30.7 Å². The lowest BCUT2D eigenvalue weighted by Crippen LogP contribution is -2.45. The molecule has 0 aromatic heterocycles.